The highest BCUT2D eigenvalue weighted by Gasteiger charge is 2.30. The Hall–Kier alpha value is -1.55. The van der Waals surface area contributed by atoms with Gasteiger partial charge in [-0.1, -0.05) is 12.1 Å². The number of amides is 1. The maximum atomic E-state index is 13.8. The summed E-state index contributed by atoms with van der Waals surface area (Å²) in [5.41, 5.74) is 0. The van der Waals surface area contributed by atoms with Gasteiger partial charge in [-0.15, -0.1) is 0 Å². The molecule has 2 saturated heterocycles. The Balaban J connectivity index is 1.48. The maximum absolute atomic E-state index is 13.8. The van der Waals surface area contributed by atoms with E-state index in [0.29, 0.717) is 19.6 Å². The SMILES string of the molecule is O=C(CN1CCN(S(=O)(=O)c2ccccc2F)CC1)NC[C@H]1CCCO1. The van der Waals surface area contributed by atoms with E-state index in [1.54, 1.807) is 0 Å². The van der Waals surface area contributed by atoms with Crippen LogP contribution in [0.1, 0.15) is 12.8 Å². The topological polar surface area (TPSA) is 79.0 Å². The van der Waals surface area contributed by atoms with Crippen LogP contribution in [0.5, 0.6) is 0 Å². The molecule has 3 rings (SSSR count). The number of halogens is 1. The monoisotopic (exact) mass is 385 g/mol. The van der Waals surface area contributed by atoms with E-state index >= 15 is 0 Å². The van der Waals surface area contributed by atoms with Crippen LogP contribution < -0.4 is 5.32 Å². The van der Waals surface area contributed by atoms with Crippen LogP contribution in [0.25, 0.3) is 0 Å². The van der Waals surface area contributed by atoms with Gasteiger partial charge in [0.1, 0.15) is 10.7 Å². The first-order valence-electron chi connectivity index (χ1n) is 8.82. The van der Waals surface area contributed by atoms with Crippen molar-refractivity contribution in [3.05, 3.63) is 30.1 Å². The first-order valence-corrected chi connectivity index (χ1v) is 10.3. The Labute approximate surface area is 153 Å². The largest absolute Gasteiger partial charge is 0.376 e. The van der Waals surface area contributed by atoms with Crippen LogP contribution >= 0.6 is 0 Å². The fraction of sp³-hybridized carbons (Fsp3) is 0.588. The van der Waals surface area contributed by atoms with Crippen molar-refractivity contribution in [1.82, 2.24) is 14.5 Å². The molecule has 0 bridgehead atoms. The molecule has 0 unspecified atom stereocenters. The van der Waals surface area contributed by atoms with Gasteiger partial charge in [0.2, 0.25) is 15.9 Å². The van der Waals surface area contributed by atoms with E-state index in [-0.39, 0.29) is 36.5 Å². The van der Waals surface area contributed by atoms with E-state index in [1.807, 2.05) is 4.90 Å². The summed E-state index contributed by atoms with van der Waals surface area (Å²) in [6.45, 7) is 2.81. The molecule has 2 fully saturated rings. The summed E-state index contributed by atoms with van der Waals surface area (Å²) in [5, 5.41) is 2.86. The molecule has 1 aromatic rings. The molecule has 7 nitrogen and oxygen atoms in total. The van der Waals surface area contributed by atoms with Crippen LogP contribution in [0.4, 0.5) is 4.39 Å². The van der Waals surface area contributed by atoms with Gasteiger partial charge in [0.25, 0.3) is 0 Å². The average Bonchev–Trinajstić information content (AvgIpc) is 3.14. The second-order valence-corrected chi connectivity index (χ2v) is 8.46. The van der Waals surface area contributed by atoms with E-state index in [0.717, 1.165) is 25.5 Å². The minimum absolute atomic E-state index is 0.0917. The summed E-state index contributed by atoms with van der Waals surface area (Å²) >= 11 is 0. The first-order chi connectivity index (χ1) is 12.5. The second kappa shape index (κ2) is 8.43. The van der Waals surface area contributed by atoms with E-state index in [2.05, 4.69) is 5.32 Å². The summed E-state index contributed by atoms with van der Waals surface area (Å²) in [4.78, 5) is 13.6. The molecular weight excluding hydrogens is 361 g/mol. The Bertz CT molecular complexity index is 729. The Morgan fingerprint density at radius 3 is 2.62 bits per heavy atom. The highest BCUT2D eigenvalue weighted by Crippen LogP contribution is 2.20. The van der Waals surface area contributed by atoms with Gasteiger partial charge < -0.3 is 10.1 Å². The molecule has 0 saturated carbocycles. The number of carbonyl (C=O) groups is 1. The molecule has 1 N–H and O–H groups in total. The zero-order chi connectivity index (χ0) is 18.6. The molecule has 1 aromatic carbocycles. The molecule has 2 heterocycles. The lowest BCUT2D eigenvalue weighted by atomic mass is 10.2. The number of carbonyl (C=O) groups excluding carboxylic acids is 1. The maximum Gasteiger partial charge on any atom is 0.246 e. The molecule has 1 atom stereocenters. The minimum Gasteiger partial charge on any atom is -0.376 e. The van der Waals surface area contributed by atoms with Crippen molar-refractivity contribution in [1.29, 1.82) is 0 Å². The smallest absolute Gasteiger partial charge is 0.246 e. The molecule has 144 valence electrons. The fourth-order valence-corrected chi connectivity index (χ4v) is 4.70. The van der Waals surface area contributed by atoms with Crippen LogP contribution in [0, 0.1) is 5.82 Å². The highest BCUT2D eigenvalue weighted by molar-refractivity contribution is 7.89. The number of nitrogens with zero attached hydrogens (tertiary/aromatic N) is 2. The molecule has 26 heavy (non-hydrogen) atoms. The zero-order valence-electron chi connectivity index (χ0n) is 14.6. The number of ether oxygens (including phenoxy) is 1. The Morgan fingerprint density at radius 1 is 1.23 bits per heavy atom. The van der Waals surface area contributed by atoms with Crippen molar-refractivity contribution in [3.63, 3.8) is 0 Å². The van der Waals surface area contributed by atoms with Crippen LogP contribution in [0.15, 0.2) is 29.2 Å². The van der Waals surface area contributed by atoms with Gasteiger partial charge in [-0.25, -0.2) is 12.8 Å². The van der Waals surface area contributed by atoms with Gasteiger partial charge in [-0.05, 0) is 25.0 Å². The highest BCUT2D eigenvalue weighted by atomic mass is 32.2. The molecule has 0 aromatic heterocycles. The molecule has 1 amide bonds. The van der Waals surface area contributed by atoms with Crippen molar-refractivity contribution in [2.24, 2.45) is 0 Å². The molecule has 0 aliphatic carbocycles. The van der Waals surface area contributed by atoms with Crippen molar-refractivity contribution >= 4 is 15.9 Å². The van der Waals surface area contributed by atoms with Crippen molar-refractivity contribution in [2.75, 3.05) is 45.9 Å². The van der Waals surface area contributed by atoms with Gasteiger partial charge in [0, 0.05) is 39.3 Å². The normalized spacial score (nSPS) is 22.4. The summed E-state index contributed by atoms with van der Waals surface area (Å²) in [6, 6.07) is 5.38. The summed E-state index contributed by atoms with van der Waals surface area (Å²) in [5.74, 6) is -0.839. The van der Waals surface area contributed by atoms with Gasteiger partial charge in [0.05, 0.1) is 12.6 Å². The number of nitrogens with one attached hydrogen (secondary N) is 1. The van der Waals surface area contributed by atoms with E-state index < -0.39 is 15.8 Å². The second-order valence-electron chi connectivity index (χ2n) is 6.55. The quantitative estimate of drug-likeness (QED) is 0.768. The lowest BCUT2D eigenvalue weighted by Crippen LogP contribution is -2.51. The van der Waals surface area contributed by atoms with Crippen LogP contribution in [-0.4, -0.2) is 75.5 Å². The fourth-order valence-electron chi connectivity index (χ4n) is 3.21. The van der Waals surface area contributed by atoms with Gasteiger partial charge in [-0.3, -0.25) is 9.69 Å². The van der Waals surface area contributed by atoms with Crippen molar-refractivity contribution in [3.8, 4) is 0 Å². The lowest BCUT2D eigenvalue weighted by Gasteiger charge is -2.33. The third kappa shape index (κ3) is 4.59. The van der Waals surface area contributed by atoms with Gasteiger partial charge >= 0.3 is 0 Å². The molecular formula is C17H24FN3O4S. The number of rotatable bonds is 6. The molecule has 2 aliphatic heterocycles. The number of piperazine rings is 1. The predicted molar refractivity (Wildman–Crippen MR) is 93.6 cm³/mol. The van der Waals surface area contributed by atoms with E-state index in [9.17, 15) is 17.6 Å². The number of hydrogen-bond acceptors (Lipinski definition) is 5. The van der Waals surface area contributed by atoms with E-state index in [1.165, 1.54) is 22.5 Å². The lowest BCUT2D eigenvalue weighted by molar-refractivity contribution is -0.123. The predicted octanol–water partition coefficient (Wildman–Crippen LogP) is 0.427. The molecule has 0 spiro atoms. The van der Waals surface area contributed by atoms with Crippen LogP contribution in [0.2, 0.25) is 0 Å². The van der Waals surface area contributed by atoms with Crippen LogP contribution in [0.3, 0.4) is 0 Å². The average molecular weight is 385 g/mol. The summed E-state index contributed by atoms with van der Waals surface area (Å²) in [7, 11) is -3.85. The zero-order valence-corrected chi connectivity index (χ0v) is 15.4. The molecule has 2 aliphatic rings. The Kier molecular flexibility index (Phi) is 6.23. The molecule has 9 heteroatoms. The van der Waals surface area contributed by atoms with Crippen molar-refractivity contribution < 1.29 is 22.3 Å². The number of hydrogen-bond donors (Lipinski definition) is 1. The number of benzene rings is 1. The van der Waals surface area contributed by atoms with Gasteiger partial charge in [-0.2, -0.15) is 4.31 Å². The van der Waals surface area contributed by atoms with Crippen LogP contribution in [-0.2, 0) is 19.6 Å². The van der Waals surface area contributed by atoms with Gasteiger partial charge in [0.15, 0.2) is 0 Å². The molecule has 0 radical (unpaired) electrons. The van der Waals surface area contributed by atoms with Crippen molar-refractivity contribution in [2.45, 2.75) is 23.8 Å². The number of sulfonamides is 1. The minimum atomic E-state index is -3.85. The third-order valence-corrected chi connectivity index (χ3v) is 6.64. The van der Waals surface area contributed by atoms with E-state index in [4.69, 9.17) is 4.74 Å². The first kappa shape index (κ1) is 19.2. The summed E-state index contributed by atoms with van der Waals surface area (Å²) in [6.07, 6.45) is 2.09. The standard InChI is InChI=1S/C17H24FN3O4S/c18-15-5-1-2-6-16(15)26(23,24)21-9-7-20(8-10-21)13-17(22)19-12-14-4-3-11-25-14/h1-2,5-6,14H,3-4,7-13H2,(H,19,22)/t14-/m1/s1. The summed E-state index contributed by atoms with van der Waals surface area (Å²) < 4.78 is 45.7. The Morgan fingerprint density at radius 2 is 1.96 bits per heavy atom. The third-order valence-electron chi connectivity index (χ3n) is 4.70.